The normalized spacial score (nSPS) is 16.0. The van der Waals surface area contributed by atoms with E-state index in [0.29, 0.717) is 40.0 Å². The van der Waals surface area contributed by atoms with E-state index < -0.39 is 0 Å². The van der Waals surface area contributed by atoms with Crippen LogP contribution in [0, 0.1) is 28.6 Å². The number of ether oxygens (including phenoxy) is 2. The van der Waals surface area contributed by atoms with Crippen molar-refractivity contribution in [3.05, 3.63) is 35.4 Å². The van der Waals surface area contributed by atoms with E-state index in [9.17, 15) is 10.5 Å². The molecule has 8 heteroatoms. The van der Waals surface area contributed by atoms with Crippen LogP contribution in [-0.2, 0) is 4.74 Å². The Labute approximate surface area is 174 Å². The van der Waals surface area contributed by atoms with Gasteiger partial charge in [0, 0.05) is 17.9 Å². The summed E-state index contributed by atoms with van der Waals surface area (Å²) in [7, 11) is 0. The van der Waals surface area contributed by atoms with Gasteiger partial charge in [0.1, 0.15) is 40.9 Å². The SMILES string of the molecule is N#Cc1c(N)nc(SCC2CCCOC2)c(C#N)c1-c1ccc(OCCO)cc1. The van der Waals surface area contributed by atoms with Crippen molar-refractivity contribution in [1.82, 2.24) is 4.98 Å². The van der Waals surface area contributed by atoms with Gasteiger partial charge >= 0.3 is 0 Å². The number of nitrogens with two attached hydrogens (primary N) is 1. The third-order valence-corrected chi connectivity index (χ3v) is 5.84. The third-order valence-electron chi connectivity index (χ3n) is 4.63. The summed E-state index contributed by atoms with van der Waals surface area (Å²) in [6, 6.07) is 11.3. The Morgan fingerprint density at radius 3 is 2.62 bits per heavy atom. The zero-order valence-corrected chi connectivity index (χ0v) is 16.7. The average Bonchev–Trinajstić information content (AvgIpc) is 2.76. The number of nitriles is 2. The Bertz CT molecular complexity index is 929. The van der Waals surface area contributed by atoms with Crippen molar-refractivity contribution in [2.75, 3.05) is 37.9 Å². The molecule has 0 saturated carbocycles. The summed E-state index contributed by atoms with van der Waals surface area (Å²) < 4.78 is 10.9. The lowest BCUT2D eigenvalue weighted by atomic mass is 9.97. The lowest BCUT2D eigenvalue weighted by Gasteiger charge is -2.22. The lowest BCUT2D eigenvalue weighted by Crippen LogP contribution is -2.19. The van der Waals surface area contributed by atoms with E-state index in [1.54, 1.807) is 24.3 Å². The summed E-state index contributed by atoms with van der Waals surface area (Å²) in [5, 5.41) is 28.9. The zero-order valence-electron chi connectivity index (χ0n) is 15.9. The van der Waals surface area contributed by atoms with Crippen molar-refractivity contribution in [3.63, 3.8) is 0 Å². The molecule has 1 aliphatic rings. The number of benzene rings is 1. The number of hydrogen-bond acceptors (Lipinski definition) is 8. The maximum absolute atomic E-state index is 9.85. The minimum atomic E-state index is -0.0770. The van der Waals surface area contributed by atoms with Crippen LogP contribution in [0.15, 0.2) is 29.3 Å². The molecule has 3 N–H and O–H groups in total. The van der Waals surface area contributed by atoms with Gasteiger partial charge in [-0.25, -0.2) is 4.98 Å². The Morgan fingerprint density at radius 1 is 1.24 bits per heavy atom. The summed E-state index contributed by atoms with van der Waals surface area (Å²) in [6.45, 7) is 1.63. The van der Waals surface area contributed by atoms with Crippen LogP contribution in [0.1, 0.15) is 24.0 Å². The number of aromatic nitrogens is 1. The van der Waals surface area contributed by atoms with E-state index >= 15 is 0 Å². The lowest BCUT2D eigenvalue weighted by molar-refractivity contribution is 0.0632. The first-order valence-electron chi connectivity index (χ1n) is 9.36. The number of nitrogens with zero attached hydrogens (tertiary/aromatic N) is 3. The van der Waals surface area contributed by atoms with Gasteiger partial charge in [-0.15, -0.1) is 11.8 Å². The predicted molar refractivity (Wildman–Crippen MR) is 110 cm³/mol. The fraction of sp³-hybridized carbons (Fsp3) is 0.381. The van der Waals surface area contributed by atoms with Crippen LogP contribution in [0.2, 0.25) is 0 Å². The zero-order chi connectivity index (χ0) is 20.6. The van der Waals surface area contributed by atoms with Crippen LogP contribution in [0.3, 0.4) is 0 Å². The largest absolute Gasteiger partial charge is 0.491 e. The highest BCUT2D eigenvalue weighted by molar-refractivity contribution is 7.99. The summed E-state index contributed by atoms with van der Waals surface area (Å²) in [5.74, 6) is 1.89. The quantitative estimate of drug-likeness (QED) is 0.667. The van der Waals surface area contributed by atoms with Crippen molar-refractivity contribution in [2.45, 2.75) is 17.9 Å². The van der Waals surface area contributed by atoms with Gasteiger partial charge in [-0.1, -0.05) is 12.1 Å². The van der Waals surface area contributed by atoms with Crippen molar-refractivity contribution in [1.29, 1.82) is 10.5 Å². The number of thioether (sulfide) groups is 1. The molecule has 0 radical (unpaired) electrons. The van der Waals surface area contributed by atoms with Crippen LogP contribution in [-0.4, -0.2) is 42.3 Å². The number of pyridine rings is 1. The molecule has 1 atom stereocenters. The second-order valence-corrected chi connectivity index (χ2v) is 7.65. The molecule has 1 fully saturated rings. The molecule has 0 aliphatic carbocycles. The molecule has 1 aliphatic heterocycles. The molecule has 1 unspecified atom stereocenters. The monoisotopic (exact) mass is 410 g/mol. The molecule has 1 saturated heterocycles. The molecule has 7 nitrogen and oxygen atoms in total. The van der Waals surface area contributed by atoms with E-state index in [1.807, 2.05) is 0 Å². The first kappa shape index (κ1) is 20.9. The van der Waals surface area contributed by atoms with Crippen LogP contribution in [0.5, 0.6) is 5.75 Å². The maximum atomic E-state index is 9.85. The number of aliphatic hydroxyl groups excluding tert-OH is 1. The smallest absolute Gasteiger partial charge is 0.143 e. The summed E-state index contributed by atoms with van der Waals surface area (Å²) >= 11 is 1.48. The maximum Gasteiger partial charge on any atom is 0.143 e. The first-order valence-corrected chi connectivity index (χ1v) is 10.3. The average molecular weight is 410 g/mol. The number of aliphatic hydroxyl groups is 1. The molecule has 0 spiro atoms. The topological polar surface area (TPSA) is 125 Å². The minimum Gasteiger partial charge on any atom is -0.491 e. The van der Waals surface area contributed by atoms with E-state index in [4.69, 9.17) is 20.3 Å². The van der Waals surface area contributed by atoms with Crippen molar-refractivity contribution in [3.8, 4) is 29.0 Å². The molecule has 29 heavy (non-hydrogen) atoms. The molecular weight excluding hydrogens is 388 g/mol. The second kappa shape index (κ2) is 10.1. The highest BCUT2D eigenvalue weighted by Gasteiger charge is 2.22. The van der Waals surface area contributed by atoms with Gasteiger partial charge in [0.05, 0.1) is 18.8 Å². The molecule has 1 aromatic heterocycles. The molecule has 0 amide bonds. The second-order valence-electron chi connectivity index (χ2n) is 6.64. The van der Waals surface area contributed by atoms with Crippen LogP contribution >= 0.6 is 11.8 Å². The Hall–Kier alpha value is -2.78. The molecule has 1 aromatic carbocycles. The predicted octanol–water partition coefficient (Wildman–Crippen LogP) is 2.96. The number of hydrogen-bond donors (Lipinski definition) is 2. The van der Waals surface area contributed by atoms with Crippen molar-refractivity contribution in [2.24, 2.45) is 5.92 Å². The van der Waals surface area contributed by atoms with Gasteiger partial charge in [0.15, 0.2) is 0 Å². The molecule has 2 aromatic rings. The molecule has 3 rings (SSSR count). The van der Waals surface area contributed by atoms with Crippen LogP contribution in [0.4, 0.5) is 5.82 Å². The van der Waals surface area contributed by atoms with E-state index in [2.05, 4.69) is 17.1 Å². The van der Waals surface area contributed by atoms with Crippen LogP contribution in [0.25, 0.3) is 11.1 Å². The molecule has 2 heterocycles. The summed E-state index contributed by atoms with van der Waals surface area (Å²) in [5.41, 5.74) is 7.78. The molecule has 0 bridgehead atoms. The summed E-state index contributed by atoms with van der Waals surface area (Å²) in [4.78, 5) is 4.35. The van der Waals surface area contributed by atoms with E-state index in [0.717, 1.165) is 25.2 Å². The van der Waals surface area contributed by atoms with Gasteiger partial charge in [-0.05, 0) is 36.5 Å². The van der Waals surface area contributed by atoms with Gasteiger partial charge in [-0.2, -0.15) is 10.5 Å². The number of anilines is 1. The van der Waals surface area contributed by atoms with Gasteiger partial charge in [-0.3, -0.25) is 0 Å². The standard InChI is InChI=1S/C21H22N4O3S/c22-10-17-19(15-3-5-16(6-4-15)28-9-7-26)18(11-23)21(25-20(17)24)29-13-14-2-1-8-27-12-14/h3-6,14,26H,1-2,7-9,12-13H2,(H2,24,25). The Kier molecular flexibility index (Phi) is 7.31. The number of nitrogen functional groups attached to an aromatic ring is 1. The fourth-order valence-electron chi connectivity index (χ4n) is 3.21. The first-order chi connectivity index (χ1) is 14.2. The number of rotatable bonds is 7. The van der Waals surface area contributed by atoms with Gasteiger partial charge in [0.25, 0.3) is 0 Å². The molecular formula is C21H22N4O3S. The Morgan fingerprint density at radius 2 is 2.00 bits per heavy atom. The third kappa shape index (κ3) is 4.99. The fourth-order valence-corrected chi connectivity index (χ4v) is 4.32. The van der Waals surface area contributed by atoms with Crippen molar-refractivity contribution >= 4 is 17.6 Å². The Balaban J connectivity index is 1.95. The van der Waals surface area contributed by atoms with Gasteiger partial charge in [0.2, 0.25) is 0 Å². The van der Waals surface area contributed by atoms with Crippen molar-refractivity contribution < 1.29 is 14.6 Å². The van der Waals surface area contributed by atoms with E-state index in [-0.39, 0.29) is 24.6 Å². The van der Waals surface area contributed by atoms with Gasteiger partial charge < -0.3 is 20.3 Å². The summed E-state index contributed by atoms with van der Waals surface area (Å²) in [6.07, 6.45) is 2.12. The highest BCUT2D eigenvalue weighted by Crippen LogP contribution is 2.37. The molecule has 150 valence electrons. The highest BCUT2D eigenvalue weighted by atomic mass is 32.2. The van der Waals surface area contributed by atoms with Crippen LogP contribution < -0.4 is 10.5 Å². The van der Waals surface area contributed by atoms with E-state index in [1.165, 1.54) is 11.8 Å². The minimum absolute atomic E-state index is 0.0770.